The van der Waals surface area contributed by atoms with Crippen LogP contribution in [0.1, 0.15) is 48.4 Å². The fourth-order valence-corrected chi connectivity index (χ4v) is 3.17. The van der Waals surface area contributed by atoms with Gasteiger partial charge < -0.3 is 5.32 Å². The molecule has 0 radical (unpaired) electrons. The largest absolute Gasteiger partial charge is 0.317 e. The molecule has 86 valence electrons. The minimum absolute atomic E-state index is 0.788. The number of aryl methyl sites for hydroxylation is 1. The van der Waals surface area contributed by atoms with E-state index >= 15 is 0 Å². The third-order valence-corrected chi connectivity index (χ3v) is 4.05. The lowest BCUT2D eigenvalue weighted by molar-refractivity contribution is 0.455. The highest BCUT2D eigenvalue weighted by Crippen LogP contribution is 2.32. The van der Waals surface area contributed by atoms with E-state index in [1.54, 1.807) is 11.1 Å². The molecule has 2 heteroatoms. The van der Waals surface area contributed by atoms with Gasteiger partial charge in [0.1, 0.15) is 0 Å². The summed E-state index contributed by atoms with van der Waals surface area (Å²) in [6.45, 7) is 2.36. The van der Waals surface area contributed by atoms with E-state index in [2.05, 4.69) is 16.4 Å². The van der Waals surface area contributed by atoms with Crippen molar-refractivity contribution in [3.63, 3.8) is 0 Å². The maximum Gasteiger partial charge on any atom is 0.0438 e. The molecule has 1 fully saturated rings. The Balaban J connectivity index is 1.93. The van der Waals surface area contributed by atoms with Gasteiger partial charge in [-0.3, -0.25) is 4.98 Å². The van der Waals surface area contributed by atoms with Crippen molar-refractivity contribution in [3.05, 3.63) is 29.1 Å². The minimum atomic E-state index is 0.788. The molecule has 2 nitrogen and oxygen atoms in total. The van der Waals surface area contributed by atoms with Crippen molar-refractivity contribution in [1.82, 2.24) is 10.3 Å². The number of pyridine rings is 1. The minimum Gasteiger partial charge on any atom is -0.317 e. The Hall–Kier alpha value is -0.890. The van der Waals surface area contributed by atoms with Crippen LogP contribution in [0.4, 0.5) is 0 Å². The molecule has 16 heavy (non-hydrogen) atoms. The Labute approximate surface area is 97.5 Å². The zero-order valence-corrected chi connectivity index (χ0v) is 9.84. The normalized spacial score (nSPS) is 21.8. The summed E-state index contributed by atoms with van der Waals surface area (Å²) in [6.07, 6.45) is 9.79. The van der Waals surface area contributed by atoms with Crippen LogP contribution >= 0.6 is 0 Å². The number of rotatable bonds is 1. The van der Waals surface area contributed by atoms with E-state index in [0.29, 0.717) is 0 Å². The number of piperidine rings is 1. The SMILES string of the molecule is c1cc(C2CCNCC2)c2c(n1)CCCC2. The Bertz CT molecular complexity index is 367. The summed E-state index contributed by atoms with van der Waals surface area (Å²) < 4.78 is 0. The van der Waals surface area contributed by atoms with Gasteiger partial charge in [-0.25, -0.2) is 0 Å². The molecule has 0 saturated carbocycles. The van der Waals surface area contributed by atoms with Gasteiger partial charge in [-0.2, -0.15) is 0 Å². The molecule has 1 aliphatic carbocycles. The summed E-state index contributed by atoms with van der Waals surface area (Å²) in [5, 5.41) is 3.45. The third kappa shape index (κ3) is 1.86. The van der Waals surface area contributed by atoms with Gasteiger partial charge in [-0.15, -0.1) is 0 Å². The lowest BCUT2D eigenvalue weighted by atomic mass is 9.83. The number of fused-ring (bicyclic) bond motifs is 1. The second-order valence-corrected chi connectivity index (χ2v) is 5.06. The molecule has 1 aromatic heterocycles. The number of hydrogen-bond donors (Lipinski definition) is 1. The summed E-state index contributed by atoms with van der Waals surface area (Å²) in [6, 6.07) is 2.28. The van der Waals surface area contributed by atoms with Crippen LogP contribution < -0.4 is 5.32 Å². The number of hydrogen-bond acceptors (Lipinski definition) is 2. The number of nitrogens with one attached hydrogen (secondary N) is 1. The molecule has 0 amide bonds. The van der Waals surface area contributed by atoms with Crippen molar-refractivity contribution in [2.24, 2.45) is 0 Å². The smallest absolute Gasteiger partial charge is 0.0438 e. The summed E-state index contributed by atoms with van der Waals surface area (Å²) in [5.74, 6) is 0.788. The summed E-state index contributed by atoms with van der Waals surface area (Å²) in [4.78, 5) is 4.56. The van der Waals surface area contributed by atoms with Gasteiger partial charge in [-0.05, 0) is 74.7 Å². The van der Waals surface area contributed by atoms with Crippen LogP contribution in [0.2, 0.25) is 0 Å². The average molecular weight is 216 g/mol. The molecule has 1 N–H and O–H groups in total. The summed E-state index contributed by atoms with van der Waals surface area (Å²) in [7, 11) is 0. The van der Waals surface area contributed by atoms with E-state index in [1.807, 2.05) is 6.20 Å². The predicted octanol–water partition coefficient (Wildman–Crippen LogP) is 2.43. The van der Waals surface area contributed by atoms with Gasteiger partial charge >= 0.3 is 0 Å². The zero-order chi connectivity index (χ0) is 10.8. The van der Waals surface area contributed by atoms with Crippen molar-refractivity contribution < 1.29 is 0 Å². The molecule has 1 aliphatic heterocycles. The first-order valence-electron chi connectivity index (χ1n) is 6.62. The van der Waals surface area contributed by atoms with Crippen LogP contribution in [-0.2, 0) is 12.8 Å². The van der Waals surface area contributed by atoms with Gasteiger partial charge in [-0.1, -0.05) is 0 Å². The Kier molecular flexibility index (Phi) is 2.92. The molecule has 0 unspecified atom stereocenters. The first-order chi connectivity index (χ1) is 7.95. The molecule has 0 aromatic carbocycles. The van der Waals surface area contributed by atoms with Gasteiger partial charge in [0.25, 0.3) is 0 Å². The second-order valence-electron chi connectivity index (χ2n) is 5.06. The maximum absolute atomic E-state index is 4.56. The quantitative estimate of drug-likeness (QED) is 0.780. The molecule has 0 spiro atoms. The third-order valence-electron chi connectivity index (χ3n) is 4.05. The zero-order valence-electron chi connectivity index (χ0n) is 9.84. The molecular weight excluding hydrogens is 196 g/mol. The van der Waals surface area contributed by atoms with Crippen LogP contribution in [0.3, 0.4) is 0 Å². The van der Waals surface area contributed by atoms with E-state index < -0.39 is 0 Å². The van der Waals surface area contributed by atoms with Crippen molar-refractivity contribution in [2.45, 2.75) is 44.4 Å². The van der Waals surface area contributed by atoms with Gasteiger partial charge in [0.05, 0.1) is 0 Å². The molecule has 3 rings (SSSR count). The topological polar surface area (TPSA) is 24.9 Å². The van der Waals surface area contributed by atoms with Crippen molar-refractivity contribution in [3.8, 4) is 0 Å². The number of aromatic nitrogens is 1. The Morgan fingerprint density at radius 1 is 1.12 bits per heavy atom. The molecule has 2 heterocycles. The molecule has 0 bridgehead atoms. The van der Waals surface area contributed by atoms with Crippen LogP contribution in [0.5, 0.6) is 0 Å². The summed E-state index contributed by atoms with van der Waals surface area (Å²) >= 11 is 0. The van der Waals surface area contributed by atoms with Crippen LogP contribution in [-0.4, -0.2) is 18.1 Å². The van der Waals surface area contributed by atoms with E-state index in [-0.39, 0.29) is 0 Å². The van der Waals surface area contributed by atoms with Crippen molar-refractivity contribution >= 4 is 0 Å². The van der Waals surface area contributed by atoms with Crippen LogP contribution in [0.25, 0.3) is 0 Å². The molecular formula is C14H20N2. The van der Waals surface area contributed by atoms with Gasteiger partial charge in [0.15, 0.2) is 0 Å². The molecule has 1 saturated heterocycles. The highest BCUT2D eigenvalue weighted by Gasteiger charge is 2.21. The fourth-order valence-electron chi connectivity index (χ4n) is 3.17. The van der Waals surface area contributed by atoms with Gasteiger partial charge in [0, 0.05) is 11.9 Å². The van der Waals surface area contributed by atoms with E-state index in [4.69, 9.17) is 0 Å². The standard InChI is InChI=1S/C14H20N2/c1-2-4-14-13(3-1)12(7-10-16-14)11-5-8-15-9-6-11/h7,10-11,15H,1-6,8-9H2. The van der Waals surface area contributed by atoms with Crippen LogP contribution in [0, 0.1) is 0 Å². The highest BCUT2D eigenvalue weighted by molar-refractivity contribution is 5.35. The van der Waals surface area contributed by atoms with Gasteiger partial charge in [0.2, 0.25) is 0 Å². The Morgan fingerprint density at radius 2 is 1.94 bits per heavy atom. The highest BCUT2D eigenvalue weighted by atomic mass is 14.9. The lowest BCUT2D eigenvalue weighted by Crippen LogP contribution is -2.27. The first-order valence-corrected chi connectivity index (χ1v) is 6.62. The van der Waals surface area contributed by atoms with E-state index in [0.717, 1.165) is 5.92 Å². The second kappa shape index (κ2) is 4.54. The van der Waals surface area contributed by atoms with E-state index in [1.165, 1.54) is 57.3 Å². The molecule has 0 atom stereocenters. The first kappa shape index (κ1) is 10.3. The van der Waals surface area contributed by atoms with E-state index in [9.17, 15) is 0 Å². The maximum atomic E-state index is 4.56. The average Bonchev–Trinajstić information content (AvgIpc) is 2.39. The van der Waals surface area contributed by atoms with Crippen molar-refractivity contribution in [2.75, 3.05) is 13.1 Å². The number of nitrogens with zero attached hydrogens (tertiary/aromatic N) is 1. The Morgan fingerprint density at radius 3 is 2.81 bits per heavy atom. The monoisotopic (exact) mass is 216 g/mol. The summed E-state index contributed by atoms with van der Waals surface area (Å²) in [5.41, 5.74) is 4.61. The molecule has 1 aromatic rings. The van der Waals surface area contributed by atoms with Crippen LogP contribution in [0.15, 0.2) is 12.3 Å². The van der Waals surface area contributed by atoms with Crippen molar-refractivity contribution in [1.29, 1.82) is 0 Å². The molecule has 2 aliphatic rings. The fraction of sp³-hybridized carbons (Fsp3) is 0.643. The predicted molar refractivity (Wildman–Crippen MR) is 65.7 cm³/mol. The lowest BCUT2D eigenvalue weighted by Gasteiger charge is -2.27.